The first-order valence-electron chi connectivity index (χ1n) is 4.86. The van der Waals surface area contributed by atoms with Crippen LogP contribution in [0, 0.1) is 6.92 Å². The number of aromatic nitrogens is 4. The molecule has 0 aliphatic rings. The average Bonchev–Trinajstić information content (AvgIpc) is 2.71. The second kappa shape index (κ2) is 4.20. The van der Waals surface area contributed by atoms with Crippen LogP contribution in [-0.2, 0) is 4.74 Å². The minimum absolute atomic E-state index is 0.0647. The first-order valence-corrected chi connectivity index (χ1v) is 4.86. The Bertz CT molecular complexity index is 546. The van der Waals surface area contributed by atoms with E-state index in [4.69, 9.17) is 5.73 Å². The lowest BCUT2D eigenvalue weighted by Gasteiger charge is -1.98. The third-order valence-corrected chi connectivity index (χ3v) is 2.14. The summed E-state index contributed by atoms with van der Waals surface area (Å²) in [4.78, 5) is 11.3. The van der Waals surface area contributed by atoms with Crippen molar-refractivity contribution in [3.8, 4) is 5.82 Å². The lowest BCUT2D eigenvalue weighted by molar-refractivity contribution is 0.0594. The molecule has 7 heteroatoms. The van der Waals surface area contributed by atoms with E-state index < -0.39 is 5.97 Å². The summed E-state index contributed by atoms with van der Waals surface area (Å²) in [5.74, 6) is -0.0984. The highest BCUT2D eigenvalue weighted by molar-refractivity contribution is 5.92. The molecule has 17 heavy (non-hydrogen) atoms. The second-order valence-electron chi connectivity index (χ2n) is 3.40. The third kappa shape index (κ3) is 2.07. The standard InChI is InChI=1S/C10H11N5O2/c1-6-3-4-8(13-12-6)15-5-7(11)9(14-15)10(16)17-2/h3-5H,11H2,1-2H3. The topological polar surface area (TPSA) is 95.9 Å². The number of aryl methyl sites for hydroxylation is 1. The number of carbonyl (C=O) groups is 1. The number of hydrogen-bond donors (Lipinski definition) is 1. The highest BCUT2D eigenvalue weighted by Crippen LogP contribution is 2.13. The highest BCUT2D eigenvalue weighted by Gasteiger charge is 2.16. The summed E-state index contributed by atoms with van der Waals surface area (Å²) >= 11 is 0. The molecular weight excluding hydrogens is 222 g/mol. The van der Waals surface area contributed by atoms with E-state index in [0.29, 0.717) is 5.82 Å². The van der Waals surface area contributed by atoms with Gasteiger partial charge in [0, 0.05) is 0 Å². The summed E-state index contributed by atoms with van der Waals surface area (Å²) in [6.45, 7) is 1.83. The third-order valence-electron chi connectivity index (χ3n) is 2.14. The van der Waals surface area contributed by atoms with E-state index in [9.17, 15) is 4.79 Å². The number of rotatable bonds is 2. The largest absolute Gasteiger partial charge is 0.464 e. The Hall–Kier alpha value is -2.44. The zero-order valence-electron chi connectivity index (χ0n) is 9.41. The summed E-state index contributed by atoms with van der Waals surface area (Å²) in [6, 6.07) is 3.52. The predicted octanol–water partition coefficient (Wildman–Crippen LogP) is 0.340. The predicted molar refractivity (Wildman–Crippen MR) is 59.6 cm³/mol. The van der Waals surface area contributed by atoms with Gasteiger partial charge in [-0.25, -0.2) is 9.48 Å². The van der Waals surface area contributed by atoms with Gasteiger partial charge in [0.25, 0.3) is 0 Å². The summed E-state index contributed by atoms with van der Waals surface area (Å²) < 4.78 is 5.94. The van der Waals surface area contributed by atoms with Gasteiger partial charge in [-0.05, 0) is 19.1 Å². The lowest BCUT2D eigenvalue weighted by atomic mass is 10.4. The van der Waals surface area contributed by atoms with Gasteiger partial charge in [-0.2, -0.15) is 10.2 Å². The Morgan fingerprint density at radius 1 is 1.41 bits per heavy atom. The van der Waals surface area contributed by atoms with E-state index in [-0.39, 0.29) is 11.4 Å². The molecule has 7 nitrogen and oxygen atoms in total. The molecule has 2 rings (SSSR count). The molecule has 0 aliphatic heterocycles. The molecule has 0 aromatic carbocycles. The van der Waals surface area contributed by atoms with Crippen molar-refractivity contribution in [2.45, 2.75) is 6.92 Å². The molecule has 0 bridgehead atoms. The Kier molecular flexibility index (Phi) is 2.73. The van der Waals surface area contributed by atoms with Gasteiger partial charge in [0.15, 0.2) is 11.5 Å². The van der Waals surface area contributed by atoms with Crippen LogP contribution >= 0.6 is 0 Å². The summed E-state index contributed by atoms with van der Waals surface area (Å²) in [6.07, 6.45) is 1.49. The number of methoxy groups -OCH3 is 1. The van der Waals surface area contributed by atoms with Gasteiger partial charge in [0.05, 0.1) is 24.7 Å². The molecule has 0 saturated heterocycles. The highest BCUT2D eigenvalue weighted by atomic mass is 16.5. The minimum atomic E-state index is -0.582. The maximum absolute atomic E-state index is 11.3. The van der Waals surface area contributed by atoms with E-state index in [1.165, 1.54) is 18.0 Å². The number of hydrogen-bond acceptors (Lipinski definition) is 6. The number of nitrogen functional groups attached to an aromatic ring is 1. The normalized spacial score (nSPS) is 10.2. The van der Waals surface area contributed by atoms with Crippen molar-refractivity contribution in [3.05, 3.63) is 29.7 Å². The summed E-state index contributed by atoms with van der Waals surface area (Å²) in [7, 11) is 1.27. The van der Waals surface area contributed by atoms with Gasteiger partial charge in [-0.15, -0.1) is 5.10 Å². The average molecular weight is 233 g/mol. The van der Waals surface area contributed by atoms with E-state index in [0.717, 1.165) is 5.69 Å². The van der Waals surface area contributed by atoms with Crippen LogP contribution in [0.15, 0.2) is 18.3 Å². The van der Waals surface area contributed by atoms with Crippen molar-refractivity contribution in [2.75, 3.05) is 12.8 Å². The van der Waals surface area contributed by atoms with Crippen molar-refractivity contribution in [2.24, 2.45) is 0 Å². The molecule has 0 unspecified atom stereocenters. The van der Waals surface area contributed by atoms with Crippen LogP contribution in [0.5, 0.6) is 0 Å². The number of carbonyl (C=O) groups excluding carboxylic acids is 1. The molecule has 0 aliphatic carbocycles. The Morgan fingerprint density at radius 2 is 2.18 bits per heavy atom. The Labute approximate surface area is 97.2 Å². The van der Waals surface area contributed by atoms with Gasteiger partial charge in [0.1, 0.15) is 0 Å². The van der Waals surface area contributed by atoms with Gasteiger partial charge < -0.3 is 10.5 Å². The monoisotopic (exact) mass is 233 g/mol. The number of nitrogens with zero attached hydrogens (tertiary/aromatic N) is 4. The molecular formula is C10H11N5O2. The molecule has 88 valence electrons. The Morgan fingerprint density at radius 3 is 2.76 bits per heavy atom. The van der Waals surface area contributed by atoms with Crippen LogP contribution in [0.1, 0.15) is 16.2 Å². The SMILES string of the molecule is COC(=O)c1nn(-c2ccc(C)nn2)cc1N. The molecule has 0 fully saturated rings. The lowest BCUT2D eigenvalue weighted by Crippen LogP contribution is -2.06. The van der Waals surface area contributed by atoms with Crippen LogP contribution in [0.3, 0.4) is 0 Å². The zero-order valence-corrected chi connectivity index (χ0v) is 9.41. The van der Waals surface area contributed by atoms with Crippen molar-refractivity contribution in [3.63, 3.8) is 0 Å². The molecule has 2 N–H and O–H groups in total. The fourth-order valence-electron chi connectivity index (χ4n) is 1.27. The zero-order chi connectivity index (χ0) is 12.4. The minimum Gasteiger partial charge on any atom is -0.464 e. The van der Waals surface area contributed by atoms with E-state index >= 15 is 0 Å². The first-order chi connectivity index (χ1) is 8.11. The number of ether oxygens (including phenoxy) is 1. The maximum atomic E-state index is 11.3. The van der Waals surface area contributed by atoms with Crippen LogP contribution in [0.25, 0.3) is 5.82 Å². The first kappa shape index (κ1) is 11.1. The number of nitrogens with two attached hydrogens (primary N) is 1. The summed E-state index contributed by atoms with van der Waals surface area (Å²) in [5.41, 5.74) is 6.75. The quantitative estimate of drug-likeness (QED) is 0.751. The van der Waals surface area contributed by atoms with E-state index in [1.54, 1.807) is 12.1 Å². The van der Waals surface area contributed by atoms with Gasteiger partial charge in [0.2, 0.25) is 0 Å². The molecule has 0 amide bonds. The molecule has 2 aromatic heterocycles. The number of esters is 1. The van der Waals surface area contributed by atoms with Gasteiger partial charge >= 0.3 is 5.97 Å². The second-order valence-corrected chi connectivity index (χ2v) is 3.40. The van der Waals surface area contributed by atoms with Gasteiger partial charge in [-0.3, -0.25) is 0 Å². The van der Waals surface area contributed by atoms with Crippen molar-refractivity contribution in [1.82, 2.24) is 20.0 Å². The molecule has 0 radical (unpaired) electrons. The van der Waals surface area contributed by atoms with Crippen LogP contribution in [0.2, 0.25) is 0 Å². The van der Waals surface area contributed by atoms with Crippen LogP contribution in [-0.4, -0.2) is 33.1 Å². The van der Waals surface area contributed by atoms with Crippen molar-refractivity contribution < 1.29 is 9.53 Å². The Balaban J connectivity index is 2.41. The maximum Gasteiger partial charge on any atom is 0.360 e. The molecule has 0 atom stereocenters. The fourth-order valence-corrected chi connectivity index (χ4v) is 1.27. The molecule has 2 heterocycles. The number of anilines is 1. The van der Waals surface area contributed by atoms with Crippen molar-refractivity contribution >= 4 is 11.7 Å². The van der Waals surface area contributed by atoms with E-state index in [1.807, 2.05) is 6.92 Å². The molecule has 0 saturated carbocycles. The molecule has 0 spiro atoms. The van der Waals surface area contributed by atoms with Crippen LogP contribution in [0.4, 0.5) is 5.69 Å². The molecule has 2 aromatic rings. The van der Waals surface area contributed by atoms with Crippen LogP contribution < -0.4 is 5.73 Å². The fraction of sp³-hybridized carbons (Fsp3) is 0.200. The summed E-state index contributed by atoms with van der Waals surface area (Å²) in [5, 5.41) is 11.8. The van der Waals surface area contributed by atoms with Gasteiger partial charge in [-0.1, -0.05) is 0 Å². The van der Waals surface area contributed by atoms with E-state index in [2.05, 4.69) is 20.0 Å². The van der Waals surface area contributed by atoms with Crippen molar-refractivity contribution in [1.29, 1.82) is 0 Å². The smallest absolute Gasteiger partial charge is 0.360 e.